The van der Waals surface area contributed by atoms with Gasteiger partial charge < -0.3 is 10.4 Å². The lowest BCUT2D eigenvalue weighted by atomic mass is 10.1. The molecule has 0 aliphatic heterocycles. The van der Waals surface area contributed by atoms with Gasteiger partial charge in [-0.1, -0.05) is 25.2 Å². The lowest BCUT2D eigenvalue weighted by molar-refractivity contribution is -0.138. The highest BCUT2D eigenvalue weighted by atomic mass is 32.1. The van der Waals surface area contributed by atoms with Crippen LogP contribution in [0.2, 0.25) is 0 Å². The van der Waals surface area contributed by atoms with Gasteiger partial charge in [-0.3, -0.25) is 5.32 Å². The highest BCUT2D eigenvalue weighted by Crippen LogP contribution is 2.32. The van der Waals surface area contributed by atoms with Gasteiger partial charge >= 0.3 is 12.2 Å². The molecule has 0 radical (unpaired) electrons. The first-order valence-electron chi connectivity index (χ1n) is 5.82. The maximum absolute atomic E-state index is 12.3. The van der Waals surface area contributed by atoms with Gasteiger partial charge in [0.25, 0.3) is 0 Å². The van der Waals surface area contributed by atoms with E-state index in [4.69, 9.17) is 0 Å². The predicted molar refractivity (Wildman–Crippen MR) is 67.4 cm³/mol. The number of aliphatic hydroxyl groups is 1. The first kappa shape index (κ1) is 16.6. The number of nitrogens with zero attached hydrogens (tertiary/aromatic N) is 2. The third-order valence-electron chi connectivity index (χ3n) is 2.13. The van der Waals surface area contributed by atoms with Crippen molar-refractivity contribution < 1.29 is 23.1 Å². The molecule has 20 heavy (non-hydrogen) atoms. The van der Waals surface area contributed by atoms with Crippen molar-refractivity contribution in [1.29, 1.82) is 0 Å². The molecule has 0 bridgehead atoms. The summed E-state index contributed by atoms with van der Waals surface area (Å²) >= 11 is 0.231. The zero-order chi connectivity index (χ0) is 15.3. The van der Waals surface area contributed by atoms with E-state index in [2.05, 4.69) is 20.8 Å². The number of hydrogen-bond donors (Lipinski definition) is 3. The van der Waals surface area contributed by atoms with Crippen LogP contribution in [0, 0.1) is 5.92 Å². The lowest BCUT2D eigenvalue weighted by Crippen LogP contribution is -2.35. The molecule has 1 unspecified atom stereocenters. The summed E-state index contributed by atoms with van der Waals surface area (Å²) in [6.45, 7) is 3.85. The Hall–Kier alpha value is -1.42. The fraction of sp³-hybridized carbons (Fsp3) is 0.700. The fourth-order valence-corrected chi connectivity index (χ4v) is 1.97. The second kappa shape index (κ2) is 6.84. The van der Waals surface area contributed by atoms with Crippen LogP contribution >= 0.6 is 11.3 Å². The standard InChI is InChI=1S/C10H15F3N4O2S/c1-5(2)3-6(18)4-14-8(19)15-9-17-16-7(20-9)10(11,12)13/h5-6,18H,3-4H2,1-2H3,(H2,14,15,17,19). The van der Waals surface area contributed by atoms with E-state index in [0.29, 0.717) is 6.42 Å². The first-order chi connectivity index (χ1) is 9.18. The number of carbonyl (C=O) groups excluding carboxylic acids is 1. The summed E-state index contributed by atoms with van der Waals surface area (Å²) in [6.07, 6.45) is -4.78. The maximum Gasteiger partial charge on any atom is 0.445 e. The molecular weight excluding hydrogens is 297 g/mol. The maximum atomic E-state index is 12.3. The summed E-state index contributed by atoms with van der Waals surface area (Å²) in [5.74, 6) is 0.271. The second-order valence-corrected chi connectivity index (χ2v) is 5.51. The van der Waals surface area contributed by atoms with Crippen LogP contribution in [-0.4, -0.2) is 34.0 Å². The van der Waals surface area contributed by atoms with Crippen LogP contribution in [-0.2, 0) is 6.18 Å². The number of rotatable bonds is 5. The molecule has 2 amide bonds. The van der Waals surface area contributed by atoms with Crippen LogP contribution in [0.3, 0.4) is 0 Å². The highest BCUT2D eigenvalue weighted by molar-refractivity contribution is 7.15. The summed E-state index contributed by atoms with van der Waals surface area (Å²) < 4.78 is 36.8. The molecule has 1 aromatic heterocycles. The zero-order valence-corrected chi connectivity index (χ0v) is 11.7. The van der Waals surface area contributed by atoms with Gasteiger partial charge in [-0.25, -0.2) is 4.79 Å². The third kappa shape index (κ3) is 5.70. The monoisotopic (exact) mass is 312 g/mol. The van der Waals surface area contributed by atoms with E-state index < -0.39 is 23.3 Å². The van der Waals surface area contributed by atoms with Gasteiger partial charge in [0.05, 0.1) is 6.10 Å². The molecule has 0 saturated heterocycles. The summed E-state index contributed by atoms with van der Waals surface area (Å²) in [5.41, 5.74) is 0. The average Bonchev–Trinajstić information content (AvgIpc) is 2.73. The quantitative estimate of drug-likeness (QED) is 0.777. The van der Waals surface area contributed by atoms with Crippen molar-refractivity contribution >= 4 is 22.5 Å². The van der Waals surface area contributed by atoms with Crippen molar-refractivity contribution in [3.8, 4) is 0 Å². The Kier molecular flexibility index (Phi) is 5.69. The summed E-state index contributed by atoms with van der Waals surface area (Å²) in [6, 6.07) is -0.738. The normalized spacial score (nSPS) is 13.3. The molecule has 0 fully saturated rings. The van der Waals surface area contributed by atoms with Crippen molar-refractivity contribution in [3.63, 3.8) is 0 Å². The van der Waals surface area contributed by atoms with Crippen molar-refractivity contribution in [1.82, 2.24) is 15.5 Å². The number of amides is 2. The molecule has 114 valence electrons. The minimum atomic E-state index is -4.58. The van der Waals surface area contributed by atoms with Gasteiger partial charge in [0.2, 0.25) is 10.1 Å². The van der Waals surface area contributed by atoms with Gasteiger partial charge in [0.15, 0.2) is 0 Å². The van der Waals surface area contributed by atoms with Gasteiger partial charge in [-0.15, -0.1) is 10.2 Å². The van der Waals surface area contributed by atoms with Crippen molar-refractivity contribution in [2.75, 3.05) is 11.9 Å². The Morgan fingerprint density at radius 2 is 2.05 bits per heavy atom. The van der Waals surface area contributed by atoms with Gasteiger partial charge in [-0.2, -0.15) is 13.2 Å². The Balaban J connectivity index is 2.41. The first-order valence-corrected chi connectivity index (χ1v) is 6.63. The Morgan fingerprint density at radius 3 is 2.55 bits per heavy atom. The number of aromatic nitrogens is 2. The second-order valence-electron chi connectivity index (χ2n) is 4.53. The Labute approximate surface area is 117 Å². The minimum absolute atomic E-state index is 0.00887. The average molecular weight is 312 g/mol. The van der Waals surface area contributed by atoms with E-state index in [1.165, 1.54) is 0 Å². The topological polar surface area (TPSA) is 87.1 Å². The summed E-state index contributed by atoms with van der Waals surface area (Å²) in [4.78, 5) is 11.4. The van der Waals surface area contributed by atoms with Crippen molar-refractivity contribution in [2.24, 2.45) is 5.92 Å². The number of carbonyl (C=O) groups is 1. The molecule has 10 heteroatoms. The van der Waals surface area contributed by atoms with E-state index in [1.54, 1.807) is 0 Å². The van der Waals surface area contributed by atoms with Crippen LogP contribution in [0.25, 0.3) is 0 Å². The molecule has 0 aliphatic rings. The van der Waals surface area contributed by atoms with Crippen LogP contribution in [0.4, 0.5) is 23.1 Å². The number of halogens is 3. The number of anilines is 1. The highest BCUT2D eigenvalue weighted by Gasteiger charge is 2.35. The van der Waals surface area contributed by atoms with Crippen LogP contribution < -0.4 is 10.6 Å². The SMILES string of the molecule is CC(C)CC(O)CNC(=O)Nc1nnc(C(F)(F)F)s1. The fourth-order valence-electron chi connectivity index (χ4n) is 1.37. The predicted octanol–water partition coefficient (Wildman–Crippen LogP) is 2.09. The van der Waals surface area contributed by atoms with Crippen molar-refractivity contribution in [2.45, 2.75) is 32.5 Å². The summed E-state index contributed by atoms with van der Waals surface area (Å²) in [7, 11) is 0. The van der Waals surface area contributed by atoms with Crippen LogP contribution in [0.15, 0.2) is 0 Å². The lowest BCUT2D eigenvalue weighted by Gasteiger charge is -2.13. The smallest absolute Gasteiger partial charge is 0.391 e. The Morgan fingerprint density at radius 1 is 1.40 bits per heavy atom. The molecule has 0 spiro atoms. The molecule has 0 aliphatic carbocycles. The van der Waals surface area contributed by atoms with Crippen molar-refractivity contribution in [3.05, 3.63) is 5.01 Å². The van der Waals surface area contributed by atoms with Gasteiger partial charge in [-0.05, 0) is 12.3 Å². The number of hydrogen-bond acceptors (Lipinski definition) is 5. The molecule has 3 N–H and O–H groups in total. The number of urea groups is 1. The van der Waals surface area contributed by atoms with E-state index >= 15 is 0 Å². The number of alkyl halides is 3. The number of nitrogens with one attached hydrogen (secondary N) is 2. The number of aliphatic hydroxyl groups excluding tert-OH is 1. The molecule has 0 aromatic carbocycles. The molecule has 1 rings (SSSR count). The largest absolute Gasteiger partial charge is 0.445 e. The molecule has 0 saturated carbocycles. The van der Waals surface area contributed by atoms with E-state index in [0.717, 1.165) is 0 Å². The molecule has 6 nitrogen and oxygen atoms in total. The molecular formula is C10H15F3N4O2S. The Bertz CT molecular complexity index is 450. The van der Waals surface area contributed by atoms with Crippen LogP contribution in [0.1, 0.15) is 25.3 Å². The van der Waals surface area contributed by atoms with E-state index in [9.17, 15) is 23.1 Å². The minimum Gasteiger partial charge on any atom is -0.391 e. The van der Waals surface area contributed by atoms with Crippen LogP contribution in [0.5, 0.6) is 0 Å². The molecule has 1 heterocycles. The molecule has 1 atom stereocenters. The van der Waals surface area contributed by atoms with Gasteiger partial charge in [0.1, 0.15) is 0 Å². The zero-order valence-electron chi connectivity index (χ0n) is 10.9. The van der Waals surface area contributed by atoms with E-state index in [-0.39, 0.29) is 28.9 Å². The third-order valence-corrected chi connectivity index (χ3v) is 3.01. The van der Waals surface area contributed by atoms with E-state index in [1.807, 2.05) is 13.8 Å². The van der Waals surface area contributed by atoms with Gasteiger partial charge in [0, 0.05) is 6.54 Å². The summed E-state index contributed by atoms with van der Waals surface area (Å²) in [5, 5.41) is 18.7. The molecule has 1 aromatic rings.